The van der Waals surface area contributed by atoms with Crippen molar-refractivity contribution >= 4 is 16.7 Å². The third-order valence-corrected chi connectivity index (χ3v) is 6.69. The minimum absolute atomic E-state index is 0.132. The molecule has 0 saturated heterocycles. The smallest absolute Gasteiger partial charge is 0.337 e. The van der Waals surface area contributed by atoms with Gasteiger partial charge in [0.2, 0.25) is 0 Å². The second-order valence-corrected chi connectivity index (χ2v) is 8.38. The van der Waals surface area contributed by atoms with E-state index in [1.807, 2.05) is 12.1 Å². The van der Waals surface area contributed by atoms with Gasteiger partial charge in [0, 0.05) is 0 Å². The number of esters is 1. The van der Waals surface area contributed by atoms with Crippen molar-refractivity contribution in [1.82, 2.24) is 0 Å². The molecule has 0 radical (unpaired) electrons. The summed E-state index contributed by atoms with van der Waals surface area (Å²) >= 11 is 0. The van der Waals surface area contributed by atoms with Crippen molar-refractivity contribution in [1.29, 1.82) is 0 Å². The van der Waals surface area contributed by atoms with Crippen LogP contribution in [-0.4, -0.2) is 13.1 Å². The number of rotatable bonds is 2. The van der Waals surface area contributed by atoms with E-state index in [-0.39, 0.29) is 11.8 Å². The lowest BCUT2D eigenvalue weighted by Crippen LogP contribution is -2.29. The van der Waals surface area contributed by atoms with Crippen LogP contribution in [0, 0.1) is 23.6 Å². The van der Waals surface area contributed by atoms with E-state index in [2.05, 4.69) is 6.92 Å². The molecule has 2 nitrogen and oxygen atoms in total. The molecule has 0 bridgehead atoms. The van der Waals surface area contributed by atoms with Crippen molar-refractivity contribution in [2.75, 3.05) is 7.11 Å². The van der Waals surface area contributed by atoms with Gasteiger partial charge in [-0.15, -0.1) is 0 Å². The topological polar surface area (TPSA) is 26.3 Å². The van der Waals surface area contributed by atoms with Gasteiger partial charge >= 0.3 is 5.97 Å². The van der Waals surface area contributed by atoms with Gasteiger partial charge in [0.25, 0.3) is 0 Å². The molecule has 0 aliphatic heterocycles. The van der Waals surface area contributed by atoms with Gasteiger partial charge in [0.1, 0.15) is 5.82 Å². The van der Waals surface area contributed by atoms with E-state index >= 15 is 0 Å². The van der Waals surface area contributed by atoms with Crippen LogP contribution >= 0.6 is 0 Å². The quantitative estimate of drug-likeness (QED) is 0.610. The van der Waals surface area contributed by atoms with Gasteiger partial charge in [0.05, 0.1) is 12.7 Å². The zero-order valence-corrected chi connectivity index (χ0v) is 15.6. The summed E-state index contributed by atoms with van der Waals surface area (Å²) in [5.41, 5.74) is 1.32. The second kappa shape index (κ2) is 7.02. The number of fused-ring (bicyclic) bond motifs is 2. The summed E-state index contributed by atoms with van der Waals surface area (Å²) in [6, 6.07) is 8.97. The van der Waals surface area contributed by atoms with Crippen LogP contribution in [0.15, 0.2) is 30.3 Å². The van der Waals surface area contributed by atoms with Crippen LogP contribution in [-0.2, 0) is 4.74 Å². The van der Waals surface area contributed by atoms with Gasteiger partial charge in [-0.25, -0.2) is 9.18 Å². The Morgan fingerprint density at radius 1 is 1.00 bits per heavy atom. The Bertz CT molecular complexity index is 828. The standard InChI is InChI=1S/C23H27FO2/c1-14-3-4-16-10-18(7-5-15(16)9-14)21-12-17-6-8-19(23(25)26-2)11-20(17)13-22(21)24/h6,8,11-16,18H,3-5,7,9-10H2,1-2H3/t14?,15-,16+,18?/m0/s1. The predicted octanol–water partition coefficient (Wildman–Crippen LogP) is 6.09. The Hall–Kier alpha value is -1.90. The molecule has 2 fully saturated rings. The largest absolute Gasteiger partial charge is 0.465 e. The molecule has 2 aliphatic carbocycles. The van der Waals surface area contributed by atoms with Crippen molar-refractivity contribution < 1.29 is 13.9 Å². The van der Waals surface area contributed by atoms with Gasteiger partial charge in [-0.05, 0) is 96.4 Å². The molecule has 0 amide bonds. The number of hydrogen-bond donors (Lipinski definition) is 0. The zero-order valence-electron chi connectivity index (χ0n) is 15.6. The third-order valence-electron chi connectivity index (χ3n) is 6.69. The highest BCUT2D eigenvalue weighted by atomic mass is 19.1. The van der Waals surface area contributed by atoms with Crippen molar-refractivity contribution in [3.8, 4) is 0 Å². The Balaban J connectivity index is 1.60. The summed E-state index contributed by atoms with van der Waals surface area (Å²) in [5, 5.41) is 1.75. The molecule has 4 atom stereocenters. The van der Waals surface area contributed by atoms with E-state index in [0.29, 0.717) is 11.5 Å². The molecular formula is C23H27FO2. The monoisotopic (exact) mass is 354 g/mol. The Morgan fingerprint density at radius 2 is 1.77 bits per heavy atom. The Morgan fingerprint density at radius 3 is 2.58 bits per heavy atom. The molecule has 4 rings (SSSR count). The lowest BCUT2D eigenvalue weighted by atomic mass is 9.64. The molecule has 2 saturated carbocycles. The summed E-state index contributed by atoms with van der Waals surface area (Å²) in [6.07, 6.45) is 7.44. The van der Waals surface area contributed by atoms with Crippen molar-refractivity contribution in [2.24, 2.45) is 17.8 Å². The van der Waals surface area contributed by atoms with E-state index in [9.17, 15) is 9.18 Å². The van der Waals surface area contributed by atoms with Crippen molar-refractivity contribution in [3.05, 3.63) is 47.3 Å². The number of benzene rings is 2. The number of carbonyl (C=O) groups excluding carboxylic acids is 1. The highest BCUT2D eigenvalue weighted by Gasteiger charge is 2.35. The molecule has 2 aliphatic rings. The van der Waals surface area contributed by atoms with Crippen LogP contribution in [0.5, 0.6) is 0 Å². The summed E-state index contributed by atoms with van der Waals surface area (Å²) in [6.45, 7) is 2.37. The molecule has 3 heteroatoms. The molecule has 0 N–H and O–H groups in total. The van der Waals surface area contributed by atoms with Gasteiger partial charge in [0.15, 0.2) is 0 Å². The second-order valence-electron chi connectivity index (χ2n) is 8.38. The van der Waals surface area contributed by atoms with Crippen molar-refractivity contribution in [3.63, 3.8) is 0 Å². The van der Waals surface area contributed by atoms with Gasteiger partial charge in [-0.1, -0.05) is 19.4 Å². The molecule has 2 aromatic carbocycles. The van der Waals surface area contributed by atoms with Crippen LogP contribution in [0.1, 0.15) is 67.3 Å². The number of methoxy groups -OCH3 is 1. The molecule has 138 valence electrons. The summed E-state index contributed by atoms with van der Waals surface area (Å²) in [5.74, 6) is 2.28. The summed E-state index contributed by atoms with van der Waals surface area (Å²) < 4.78 is 19.6. The highest BCUT2D eigenvalue weighted by molar-refractivity contribution is 5.95. The first-order chi connectivity index (χ1) is 12.5. The normalized spacial score (nSPS) is 28.6. The van der Waals surface area contributed by atoms with Crippen LogP contribution in [0.2, 0.25) is 0 Å². The average Bonchev–Trinajstić information content (AvgIpc) is 2.66. The molecule has 0 heterocycles. The molecule has 0 aromatic heterocycles. The van der Waals surface area contributed by atoms with E-state index in [1.54, 1.807) is 18.2 Å². The maximum Gasteiger partial charge on any atom is 0.337 e. The first-order valence-electron chi connectivity index (χ1n) is 9.86. The SMILES string of the molecule is COC(=O)c1ccc2cc(C3CC[C@H]4CC(C)CC[C@@H]4C3)c(F)cc2c1. The number of carbonyl (C=O) groups is 1. The third kappa shape index (κ3) is 3.24. The fourth-order valence-electron chi connectivity index (χ4n) is 5.25. The Kier molecular flexibility index (Phi) is 4.73. The predicted molar refractivity (Wildman–Crippen MR) is 102 cm³/mol. The minimum atomic E-state index is -0.388. The molecule has 2 unspecified atom stereocenters. The number of ether oxygens (including phenoxy) is 1. The van der Waals surface area contributed by atoms with Crippen LogP contribution < -0.4 is 0 Å². The van der Waals surface area contributed by atoms with E-state index < -0.39 is 0 Å². The van der Waals surface area contributed by atoms with Gasteiger partial charge < -0.3 is 4.74 Å². The molecular weight excluding hydrogens is 327 g/mol. The van der Waals surface area contributed by atoms with Gasteiger partial charge in [-0.3, -0.25) is 0 Å². The maximum absolute atomic E-state index is 14.9. The van der Waals surface area contributed by atoms with Crippen LogP contribution in [0.3, 0.4) is 0 Å². The molecule has 2 aromatic rings. The highest BCUT2D eigenvalue weighted by Crippen LogP contribution is 2.48. The maximum atomic E-state index is 14.9. The first kappa shape index (κ1) is 17.5. The average molecular weight is 354 g/mol. The summed E-state index contributed by atoms with van der Waals surface area (Å²) in [7, 11) is 1.36. The van der Waals surface area contributed by atoms with Crippen molar-refractivity contribution in [2.45, 2.75) is 51.4 Å². The van der Waals surface area contributed by atoms with Gasteiger partial charge in [-0.2, -0.15) is 0 Å². The lowest BCUT2D eigenvalue weighted by molar-refractivity contribution is 0.0601. The molecule has 26 heavy (non-hydrogen) atoms. The zero-order chi connectivity index (χ0) is 18.3. The fourth-order valence-corrected chi connectivity index (χ4v) is 5.25. The fraction of sp³-hybridized carbons (Fsp3) is 0.522. The van der Waals surface area contributed by atoms with Crippen LogP contribution in [0.4, 0.5) is 4.39 Å². The summed E-state index contributed by atoms with van der Waals surface area (Å²) in [4.78, 5) is 11.7. The van der Waals surface area contributed by atoms with E-state index in [1.165, 1.54) is 32.8 Å². The van der Waals surface area contributed by atoms with E-state index in [0.717, 1.165) is 46.9 Å². The molecule has 0 spiro atoms. The number of halogens is 1. The van der Waals surface area contributed by atoms with Crippen LogP contribution in [0.25, 0.3) is 10.8 Å². The lowest BCUT2D eigenvalue weighted by Gasteiger charge is -2.41. The minimum Gasteiger partial charge on any atom is -0.465 e. The first-order valence-corrected chi connectivity index (χ1v) is 9.86. The Labute approximate surface area is 154 Å². The van der Waals surface area contributed by atoms with E-state index in [4.69, 9.17) is 4.74 Å². The number of hydrogen-bond acceptors (Lipinski definition) is 2.